The van der Waals surface area contributed by atoms with Gasteiger partial charge in [0.15, 0.2) is 5.69 Å². The lowest BCUT2D eigenvalue weighted by Crippen LogP contribution is -2.21. The van der Waals surface area contributed by atoms with Crippen LogP contribution in [-0.4, -0.2) is 20.3 Å². The molecule has 0 saturated heterocycles. The Balaban J connectivity index is 1.43. The first-order chi connectivity index (χ1) is 15.6. The summed E-state index contributed by atoms with van der Waals surface area (Å²) in [6.45, 7) is 0.320. The molecule has 7 heteroatoms. The zero-order valence-electron chi connectivity index (χ0n) is 17.3. The Morgan fingerprint density at radius 1 is 1.00 bits per heavy atom. The molecule has 0 radical (unpaired) electrons. The van der Waals surface area contributed by atoms with Crippen molar-refractivity contribution in [3.05, 3.63) is 111 Å². The van der Waals surface area contributed by atoms with Crippen LogP contribution >= 0.6 is 11.6 Å². The molecule has 0 unspecified atom stereocenters. The van der Waals surface area contributed by atoms with Crippen LogP contribution < -0.4 is 10.9 Å². The van der Waals surface area contributed by atoms with Gasteiger partial charge in [-0.2, -0.15) is 5.10 Å². The lowest BCUT2D eigenvalue weighted by atomic mass is 10.2. The van der Waals surface area contributed by atoms with Gasteiger partial charge in [0.2, 0.25) is 0 Å². The summed E-state index contributed by atoms with van der Waals surface area (Å²) < 4.78 is 3.40. The lowest BCUT2D eigenvalue weighted by molar-refractivity contribution is 0.102. The van der Waals surface area contributed by atoms with Crippen molar-refractivity contribution in [1.82, 2.24) is 14.3 Å². The van der Waals surface area contributed by atoms with Gasteiger partial charge in [-0.3, -0.25) is 9.59 Å². The molecule has 0 bridgehead atoms. The van der Waals surface area contributed by atoms with Crippen molar-refractivity contribution in [2.75, 3.05) is 5.32 Å². The average molecular weight is 445 g/mol. The summed E-state index contributed by atoms with van der Waals surface area (Å²) in [5, 5.41) is 8.14. The first-order valence-electron chi connectivity index (χ1n) is 10.5. The number of halogens is 1. The van der Waals surface area contributed by atoms with Gasteiger partial charge < -0.3 is 9.88 Å². The predicted molar refractivity (Wildman–Crippen MR) is 125 cm³/mol. The molecule has 4 aromatic rings. The molecule has 6 nitrogen and oxygen atoms in total. The van der Waals surface area contributed by atoms with Gasteiger partial charge in [-0.25, -0.2) is 4.68 Å². The van der Waals surface area contributed by atoms with Gasteiger partial charge in [0, 0.05) is 28.5 Å². The Hall–Kier alpha value is -3.64. The summed E-state index contributed by atoms with van der Waals surface area (Å²) in [5.41, 5.74) is 4.66. The van der Waals surface area contributed by atoms with E-state index in [1.807, 2.05) is 53.2 Å². The first kappa shape index (κ1) is 20.3. The lowest BCUT2D eigenvalue weighted by Gasteiger charge is -2.10. The average Bonchev–Trinajstić information content (AvgIpc) is 3.41. The van der Waals surface area contributed by atoms with Gasteiger partial charge in [-0.05, 0) is 49.1 Å². The number of hydrogen-bond acceptors (Lipinski definition) is 3. The number of aromatic nitrogens is 3. The number of amides is 1. The van der Waals surface area contributed by atoms with E-state index in [2.05, 4.69) is 10.4 Å². The van der Waals surface area contributed by atoms with Crippen LogP contribution in [0.15, 0.2) is 77.7 Å². The number of nitrogens with one attached hydrogen (secondary N) is 1. The number of fused-ring (bicyclic) bond motifs is 1. The minimum atomic E-state index is -0.277. The monoisotopic (exact) mass is 444 g/mol. The van der Waals surface area contributed by atoms with Gasteiger partial charge in [0.25, 0.3) is 11.5 Å². The van der Waals surface area contributed by atoms with E-state index in [1.54, 1.807) is 18.3 Å². The number of para-hydroxylation sites is 1. The topological polar surface area (TPSA) is 68.9 Å². The van der Waals surface area contributed by atoms with Crippen LogP contribution in [0.25, 0.3) is 5.69 Å². The molecule has 2 aromatic heterocycles. The van der Waals surface area contributed by atoms with Crippen molar-refractivity contribution in [1.29, 1.82) is 0 Å². The molecule has 1 aliphatic carbocycles. The van der Waals surface area contributed by atoms with Gasteiger partial charge in [-0.1, -0.05) is 48.0 Å². The normalized spacial score (nSPS) is 12.5. The predicted octanol–water partition coefficient (Wildman–Crippen LogP) is 4.48. The molecule has 2 aromatic carbocycles. The van der Waals surface area contributed by atoms with E-state index in [9.17, 15) is 9.59 Å². The maximum absolute atomic E-state index is 13.1. The molecule has 5 rings (SSSR count). The zero-order valence-corrected chi connectivity index (χ0v) is 18.0. The number of benzene rings is 2. The van der Waals surface area contributed by atoms with Crippen LogP contribution in [0.3, 0.4) is 0 Å². The van der Waals surface area contributed by atoms with E-state index in [1.165, 1.54) is 10.6 Å². The number of anilines is 1. The molecule has 0 fully saturated rings. The second-order valence-electron chi connectivity index (χ2n) is 7.80. The van der Waals surface area contributed by atoms with Gasteiger partial charge in [0.05, 0.1) is 17.9 Å². The highest BCUT2D eigenvalue weighted by Gasteiger charge is 2.27. The fourth-order valence-corrected chi connectivity index (χ4v) is 4.33. The van der Waals surface area contributed by atoms with Gasteiger partial charge in [-0.15, -0.1) is 0 Å². The van der Waals surface area contributed by atoms with Crippen molar-refractivity contribution in [3.8, 4) is 5.69 Å². The smallest absolute Gasteiger partial charge is 0.276 e. The second kappa shape index (κ2) is 8.48. The van der Waals surface area contributed by atoms with Crippen molar-refractivity contribution in [2.24, 2.45) is 0 Å². The van der Waals surface area contributed by atoms with Crippen molar-refractivity contribution < 1.29 is 4.79 Å². The largest absolute Gasteiger partial charge is 0.319 e. The van der Waals surface area contributed by atoms with Gasteiger partial charge in [0.1, 0.15) is 0 Å². The summed E-state index contributed by atoms with van der Waals surface area (Å²) >= 11 is 6.24. The fraction of sp³-hybridized carbons (Fsp3) is 0.160. The van der Waals surface area contributed by atoms with E-state index >= 15 is 0 Å². The third-order valence-corrected chi connectivity index (χ3v) is 6.05. The summed E-state index contributed by atoms with van der Waals surface area (Å²) in [6, 6.07) is 20.3. The molecule has 0 atom stereocenters. The Morgan fingerprint density at radius 3 is 2.59 bits per heavy atom. The summed E-state index contributed by atoms with van der Waals surface area (Å²) in [7, 11) is 0. The molecule has 0 saturated carbocycles. The second-order valence-corrected chi connectivity index (χ2v) is 8.21. The minimum absolute atomic E-state index is 0.169. The Labute approximate surface area is 190 Å². The summed E-state index contributed by atoms with van der Waals surface area (Å²) in [4.78, 5) is 25.5. The zero-order chi connectivity index (χ0) is 22.1. The highest BCUT2D eigenvalue weighted by atomic mass is 35.5. The molecular weight excluding hydrogens is 424 g/mol. The molecule has 1 aliphatic rings. The van der Waals surface area contributed by atoms with E-state index in [0.717, 1.165) is 41.8 Å². The Morgan fingerprint density at radius 2 is 1.78 bits per heavy atom. The van der Waals surface area contributed by atoms with Crippen molar-refractivity contribution >= 4 is 23.2 Å². The number of rotatable bonds is 5. The molecule has 2 heterocycles. The maximum atomic E-state index is 13.1. The molecule has 0 aliphatic heterocycles. The highest BCUT2D eigenvalue weighted by Crippen LogP contribution is 2.28. The van der Waals surface area contributed by atoms with Crippen LogP contribution in [0.4, 0.5) is 5.69 Å². The van der Waals surface area contributed by atoms with Crippen LogP contribution in [0.5, 0.6) is 0 Å². The van der Waals surface area contributed by atoms with E-state index in [-0.39, 0.29) is 11.5 Å². The van der Waals surface area contributed by atoms with Crippen molar-refractivity contribution in [3.63, 3.8) is 0 Å². The molecule has 1 N–H and O–H groups in total. The SMILES string of the molecule is O=C(Nc1ccc(=O)n(Cc2ccccc2Cl)c1)c1nn(-c2ccccc2)c2c1CCC2. The van der Waals surface area contributed by atoms with E-state index < -0.39 is 0 Å². The third-order valence-electron chi connectivity index (χ3n) is 5.69. The molecule has 160 valence electrons. The number of pyridine rings is 1. The molecular formula is C25H21ClN4O2. The molecule has 1 amide bonds. The van der Waals surface area contributed by atoms with E-state index in [0.29, 0.717) is 22.9 Å². The van der Waals surface area contributed by atoms with Crippen LogP contribution in [0, 0.1) is 0 Å². The number of hydrogen-bond donors (Lipinski definition) is 1. The standard InChI is InChI=1S/C25H21ClN4O2/c26-21-11-5-4-7-17(21)15-29-16-18(13-14-23(29)31)27-25(32)24-20-10-6-12-22(20)30(28-24)19-8-2-1-3-9-19/h1-5,7-9,11,13-14,16H,6,10,12,15H2,(H,27,32). The minimum Gasteiger partial charge on any atom is -0.319 e. The maximum Gasteiger partial charge on any atom is 0.276 e. The Bertz CT molecular complexity index is 1360. The third kappa shape index (κ3) is 3.85. The van der Waals surface area contributed by atoms with Crippen LogP contribution in [0.2, 0.25) is 5.02 Å². The van der Waals surface area contributed by atoms with Crippen LogP contribution in [-0.2, 0) is 19.4 Å². The highest BCUT2D eigenvalue weighted by molar-refractivity contribution is 6.31. The number of carbonyl (C=O) groups is 1. The summed E-state index contributed by atoms with van der Waals surface area (Å²) in [5.74, 6) is -0.277. The first-order valence-corrected chi connectivity index (χ1v) is 10.9. The molecule has 0 spiro atoms. The van der Waals surface area contributed by atoms with Gasteiger partial charge >= 0.3 is 0 Å². The quantitative estimate of drug-likeness (QED) is 0.493. The van der Waals surface area contributed by atoms with Crippen LogP contribution in [0.1, 0.15) is 33.7 Å². The molecule has 32 heavy (non-hydrogen) atoms. The Kier molecular flexibility index (Phi) is 5.37. The number of nitrogens with zero attached hydrogens (tertiary/aromatic N) is 3. The van der Waals surface area contributed by atoms with E-state index in [4.69, 9.17) is 11.6 Å². The van der Waals surface area contributed by atoms with Crippen molar-refractivity contribution in [2.45, 2.75) is 25.8 Å². The summed E-state index contributed by atoms with van der Waals surface area (Å²) in [6.07, 6.45) is 4.37. The fourth-order valence-electron chi connectivity index (χ4n) is 4.13. The number of carbonyl (C=O) groups excluding carboxylic acids is 1.